The van der Waals surface area contributed by atoms with E-state index >= 15 is 0 Å². The lowest BCUT2D eigenvalue weighted by Crippen LogP contribution is -2.30. The van der Waals surface area contributed by atoms with Crippen molar-refractivity contribution in [2.24, 2.45) is 11.8 Å². The van der Waals surface area contributed by atoms with Gasteiger partial charge in [0.1, 0.15) is 19.3 Å². The third kappa shape index (κ3) is 70.9. The van der Waals surface area contributed by atoms with Crippen molar-refractivity contribution in [2.75, 3.05) is 39.6 Å². The normalized spacial score (nSPS) is 14.2. The van der Waals surface area contributed by atoms with Crippen LogP contribution in [0.15, 0.2) is 0 Å². The van der Waals surface area contributed by atoms with Crippen molar-refractivity contribution in [3.8, 4) is 0 Å². The minimum Gasteiger partial charge on any atom is -0.462 e. The summed E-state index contributed by atoms with van der Waals surface area (Å²) in [5.74, 6) is -0.598. The second kappa shape index (κ2) is 69.8. The lowest BCUT2D eigenvalue weighted by Gasteiger charge is -2.21. The number of aliphatic hydroxyl groups is 1. The molecule has 0 fully saturated rings. The Hall–Kier alpha value is -1.94. The van der Waals surface area contributed by atoms with Crippen LogP contribution in [-0.4, -0.2) is 96.7 Å². The van der Waals surface area contributed by atoms with Crippen LogP contribution in [-0.2, 0) is 65.4 Å². The lowest BCUT2D eigenvalue weighted by molar-refractivity contribution is -0.161. The van der Waals surface area contributed by atoms with Gasteiger partial charge in [-0.3, -0.25) is 37.3 Å². The molecule has 6 atom stereocenters. The molecule has 97 heavy (non-hydrogen) atoms. The van der Waals surface area contributed by atoms with Gasteiger partial charge in [0.2, 0.25) is 0 Å². The molecule has 17 nitrogen and oxygen atoms in total. The predicted octanol–water partition coefficient (Wildman–Crippen LogP) is 23.1. The molecule has 0 aliphatic rings. The minimum atomic E-state index is -4.96. The maximum Gasteiger partial charge on any atom is 0.472 e. The van der Waals surface area contributed by atoms with Gasteiger partial charge < -0.3 is 33.8 Å². The average molecular weight is 1420 g/mol. The number of hydrogen-bond donors (Lipinski definition) is 3. The fourth-order valence-corrected chi connectivity index (χ4v) is 13.6. The van der Waals surface area contributed by atoms with Gasteiger partial charge in [-0.1, -0.05) is 356 Å². The highest BCUT2D eigenvalue weighted by molar-refractivity contribution is 7.47. The summed E-state index contributed by atoms with van der Waals surface area (Å²) in [4.78, 5) is 72.9. The van der Waals surface area contributed by atoms with E-state index in [-0.39, 0.29) is 25.7 Å². The van der Waals surface area contributed by atoms with Gasteiger partial charge in [0, 0.05) is 25.7 Å². The van der Waals surface area contributed by atoms with E-state index in [1.165, 1.54) is 225 Å². The minimum absolute atomic E-state index is 0.105. The van der Waals surface area contributed by atoms with E-state index in [9.17, 15) is 43.2 Å². The van der Waals surface area contributed by atoms with Gasteiger partial charge in [-0.05, 0) is 37.5 Å². The number of rotatable bonds is 77. The standard InChI is InChI=1S/C78H152O17P2/c1-7-10-12-14-16-18-20-22-24-26-28-30-32-36-44-50-56-62-77(82)94-73(66-88-75(80)60-54-48-42-35-31-29-27-25-23-21-19-17-15-13-11-8-2)68-92-96(84,85)90-64-72(79)65-91-97(86,87)93-69-74(95-78(83)63-57-51-45-37-33-34-40-46-52-58-70(4)5)67-89-76(81)61-55-49-43-39-38-41-47-53-59-71(6)9-3/h70-74,79H,7-69H2,1-6H3,(H,84,85)(H,86,87)/t71?,72-,73-,74-/m1/s1. The topological polar surface area (TPSA) is 237 Å². The Morgan fingerprint density at radius 3 is 0.784 bits per heavy atom. The fraction of sp³-hybridized carbons (Fsp3) is 0.949. The highest BCUT2D eigenvalue weighted by atomic mass is 31.2. The molecule has 0 radical (unpaired) electrons. The molecule has 0 aliphatic heterocycles. The molecule has 3 unspecified atom stereocenters. The smallest absolute Gasteiger partial charge is 0.462 e. The Bertz CT molecular complexity index is 1870. The molecule has 0 heterocycles. The van der Waals surface area contributed by atoms with Crippen LogP contribution in [0.1, 0.15) is 408 Å². The van der Waals surface area contributed by atoms with E-state index in [2.05, 4.69) is 41.5 Å². The monoisotopic (exact) mass is 1420 g/mol. The van der Waals surface area contributed by atoms with Crippen LogP contribution in [0.4, 0.5) is 0 Å². The van der Waals surface area contributed by atoms with Gasteiger partial charge in [-0.2, -0.15) is 0 Å². The third-order valence-corrected chi connectivity index (χ3v) is 20.5. The number of hydrogen-bond acceptors (Lipinski definition) is 15. The fourth-order valence-electron chi connectivity index (χ4n) is 12.0. The van der Waals surface area contributed by atoms with E-state index in [0.717, 1.165) is 102 Å². The van der Waals surface area contributed by atoms with E-state index < -0.39 is 97.5 Å². The second-order valence-electron chi connectivity index (χ2n) is 28.8. The first-order chi connectivity index (χ1) is 46.9. The lowest BCUT2D eigenvalue weighted by atomic mass is 9.99. The van der Waals surface area contributed by atoms with Crippen LogP contribution < -0.4 is 0 Å². The first-order valence-electron chi connectivity index (χ1n) is 40.5. The summed E-state index contributed by atoms with van der Waals surface area (Å²) in [5, 5.41) is 10.6. The van der Waals surface area contributed by atoms with Gasteiger partial charge in [0.05, 0.1) is 26.4 Å². The molecule has 0 amide bonds. The molecule has 0 aromatic carbocycles. The SMILES string of the molecule is CCCCCCCCCCCCCCCCCCCC(=O)O[C@H](COC(=O)CCCCCCCCCCCCCCCCCC)COP(=O)(O)OC[C@@H](O)COP(=O)(O)OC[C@@H](COC(=O)CCCCCCCCCCC(C)CC)OC(=O)CCCCCCCCCCCC(C)C. The summed E-state index contributed by atoms with van der Waals surface area (Å²) < 4.78 is 68.6. The molecule has 0 saturated heterocycles. The van der Waals surface area contributed by atoms with Crippen LogP contribution in [0.25, 0.3) is 0 Å². The van der Waals surface area contributed by atoms with E-state index in [1.54, 1.807) is 0 Å². The van der Waals surface area contributed by atoms with Gasteiger partial charge in [0.25, 0.3) is 0 Å². The van der Waals surface area contributed by atoms with Crippen LogP contribution in [0, 0.1) is 11.8 Å². The zero-order chi connectivity index (χ0) is 71.4. The summed E-state index contributed by atoms with van der Waals surface area (Å²) in [6, 6.07) is 0. The Morgan fingerprint density at radius 2 is 0.526 bits per heavy atom. The van der Waals surface area contributed by atoms with Crippen molar-refractivity contribution in [1.29, 1.82) is 0 Å². The number of esters is 4. The molecule has 0 saturated carbocycles. The Kier molecular flexibility index (Phi) is 68.4. The number of ether oxygens (including phenoxy) is 4. The molecule has 0 aromatic rings. The van der Waals surface area contributed by atoms with Crippen molar-refractivity contribution < 1.29 is 80.2 Å². The van der Waals surface area contributed by atoms with Crippen LogP contribution in [0.5, 0.6) is 0 Å². The summed E-state index contributed by atoms with van der Waals surface area (Å²) in [7, 11) is -9.92. The first-order valence-corrected chi connectivity index (χ1v) is 43.5. The summed E-state index contributed by atoms with van der Waals surface area (Å²) >= 11 is 0. The van der Waals surface area contributed by atoms with Gasteiger partial charge in [0.15, 0.2) is 12.2 Å². The van der Waals surface area contributed by atoms with E-state index in [0.29, 0.717) is 25.7 Å². The number of carbonyl (C=O) groups excluding carboxylic acids is 4. The van der Waals surface area contributed by atoms with Crippen LogP contribution >= 0.6 is 15.6 Å². The first kappa shape index (κ1) is 95.1. The second-order valence-corrected chi connectivity index (χ2v) is 31.7. The van der Waals surface area contributed by atoms with Crippen LogP contribution in [0.3, 0.4) is 0 Å². The summed E-state index contributed by atoms with van der Waals surface area (Å²) in [6.07, 6.45) is 58.2. The molecular formula is C78H152O17P2. The molecule has 0 bridgehead atoms. The quantitative estimate of drug-likeness (QED) is 0.0222. The molecule has 576 valence electrons. The maximum absolute atomic E-state index is 13.1. The van der Waals surface area contributed by atoms with Crippen molar-refractivity contribution in [2.45, 2.75) is 426 Å². The zero-order valence-corrected chi connectivity index (χ0v) is 65.2. The number of carbonyl (C=O) groups is 4. The van der Waals surface area contributed by atoms with Crippen molar-refractivity contribution in [3.05, 3.63) is 0 Å². The van der Waals surface area contributed by atoms with E-state index in [4.69, 9.17) is 37.0 Å². The highest BCUT2D eigenvalue weighted by Crippen LogP contribution is 2.45. The molecular weight excluding hydrogens is 1270 g/mol. The number of unbranched alkanes of at least 4 members (excludes halogenated alkanes) is 46. The highest BCUT2D eigenvalue weighted by Gasteiger charge is 2.30. The molecule has 3 N–H and O–H groups in total. The van der Waals surface area contributed by atoms with Crippen LogP contribution in [0.2, 0.25) is 0 Å². The molecule has 0 spiro atoms. The largest absolute Gasteiger partial charge is 0.472 e. The number of aliphatic hydroxyl groups excluding tert-OH is 1. The summed E-state index contributed by atoms with van der Waals surface area (Å²) in [6.45, 7) is 9.60. The van der Waals surface area contributed by atoms with Gasteiger partial charge >= 0.3 is 39.5 Å². The van der Waals surface area contributed by atoms with Crippen molar-refractivity contribution >= 4 is 39.5 Å². The number of phosphoric ester groups is 2. The van der Waals surface area contributed by atoms with Gasteiger partial charge in [-0.25, -0.2) is 9.13 Å². The number of phosphoric acid groups is 2. The molecule has 0 rings (SSSR count). The third-order valence-electron chi connectivity index (χ3n) is 18.6. The molecule has 0 aromatic heterocycles. The Morgan fingerprint density at radius 1 is 0.299 bits per heavy atom. The molecule has 0 aliphatic carbocycles. The predicted molar refractivity (Wildman–Crippen MR) is 395 cm³/mol. The zero-order valence-electron chi connectivity index (χ0n) is 63.4. The maximum atomic E-state index is 13.1. The Balaban J connectivity index is 5.26. The molecule has 19 heteroatoms. The van der Waals surface area contributed by atoms with Gasteiger partial charge in [-0.15, -0.1) is 0 Å². The Labute approximate surface area is 594 Å². The van der Waals surface area contributed by atoms with E-state index in [1.807, 2.05) is 0 Å². The summed E-state index contributed by atoms with van der Waals surface area (Å²) in [5.41, 5.74) is 0. The van der Waals surface area contributed by atoms with Crippen molar-refractivity contribution in [1.82, 2.24) is 0 Å². The average Bonchev–Trinajstić information content (AvgIpc) is 2.12. The van der Waals surface area contributed by atoms with Crippen molar-refractivity contribution in [3.63, 3.8) is 0 Å².